The first-order valence-corrected chi connectivity index (χ1v) is 15.7. The van der Waals surface area contributed by atoms with Gasteiger partial charge >= 0.3 is 5.97 Å². The summed E-state index contributed by atoms with van der Waals surface area (Å²) in [5.74, 6) is -0.731. The summed E-state index contributed by atoms with van der Waals surface area (Å²) in [6.45, 7) is 3.70. The molecule has 2 saturated heterocycles. The summed E-state index contributed by atoms with van der Waals surface area (Å²) in [5.41, 5.74) is 0. The van der Waals surface area contributed by atoms with Crippen molar-refractivity contribution in [2.24, 2.45) is 11.8 Å². The number of Topliss-reactive ketones (excluding diaryl/α,β-unsaturated/α-hetero) is 1. The molecule has 3 unspecified atom stereocenters. The Hall–Kier alpha value is -1.54. The highest BCUT2D eigenvalue weighted by molar-refractivity contribution is 5.85. The molecular formula is C32H52O7. The normalized spacial score (nSPS) is 28.9. The van der Waals surface area contributed by atoms with Crippen molar-refractivity contribution in [3.8, 4) is 0 Å². The molecule has 0 aromatic rings. The van der Waals surface area contributed by atoms with E-state index in [1.807, 2.05) is 12.2 Å². The third-order valence-corrected chi connectivity index (χ3v) is 8.10. The van der Waals surface area contributed by atoms with Gasteiger partial charge in [-0.2, -0.15) is 0 Å². The molecule has 7 heteroatoms. The Balaban J connectivity index is 1.66. The van der Waals surface area contributed by atoms with E-state index in [0.29, 0.717) is 32.3 Å². The third kappa shape index (κ3) is 12.2. The number of carboxylic acid groups (broad SMARTS) is 1. The van der Waals surface area contributed by atoms with Crippen LogP contribution in [0.5, 0.6) is 0 Å². The number of carbonyl (C=O) groups is 2. The van der Waals surface area contributed by atoms with Crippen molar-refractivity contribution in [2.75, 3.05) is 13.2 Å². The standard InChI is InChI=1S/C32H52O7/c1-2-3-4-5-8-15-25(38-31-18-11-13-22-36-31)20-21-27-26(16-9-6-7-10-17-30(34)35)28(33)24-29(27)39-32-19-12-14-23-37-32/h6,9,20-21,25-27,29,31-32H,2-5,7-8,10-19,22-24H2,1H3,(H,34,35)/b9-6-,21-20+/t25-,26+,27+,29?,31?,32?/m0/s1. The van der Waals surface area contributed by atoms with Crippen LogP contribution in [0.4, 0.5) is 0 Å². The van der Waals surface area contributed by atoms with Crippen LogP contribution in [-0.4, -0.2) is 54.9 Å². The van der Waals surface area contributed by atoms with Gasteiger partial charge in [0.15, 0.2) is 12.6 Å². The van der Waals surface area contributed by atoms with Gasteiger partial charge in [0, 0.05) is 37.9 Å². The zero-order valence-electron chi connectivity index (χ0n) is 24.1. The molecule has 3 rings (SSSR count). The average molecular weight is 549 g/mol. The number of allylic oxidation sites excluding steroid dienone is 2. The van der Waals surface area contributed by atoms with Crippen molar-refractivity contribution in [1.82, 2.24) is 0 Å². The first-order valence-electron chi connectivity index (χ1n) is 15.7. The maximum Gasteiger partial charge on any atom is 0.303 e. The molecule has 6 atom stereocenters. The quantitative estimate of drug-likeness (QED) is 0.144. The molecule has 1 N–H and O–H groups in total. The summed E-state index contributed by atoms with van der Waals surface area (Å²) in [5, 5.41) is 8.86. The van der Waals surface area contributed by atoms with E-state index in [4.69, 9.17) is 24.1 Å². The first-order chi connectivity index (χ1) is 19.1. The van der Waals surface area contributed by atoms with Crippen LogP contribution in [0.1, 0.15) is 116 Å². The lowest BCUT2D eigenvalue weighted by atomic mass is 9.90. The Morgan fingerprint density at radius 1 is 1.00 bits per heavy atom. The van der Waals surface area contributed by atoms with Gasteiger partial charge in [-0.15, -0.1) is 0 Å². The number of carboxylic acids is 1. The van der Waals surface area contributed by atoms with Crippen LogP contribution < -0.4 is 0 Å². The van der Waals surface area contributed by atoms with Gasteiger partial charge in [0.25, 0.3) is 0 Å². The van der Waals surface area contributed by atoms with E-state index >= 15 is 0 Å². The molecule has 2 aliphatic heterocycles. The predicted molar refractivity (Wildman–Crippen MR) is 151 cm³/mol. The maximum atomic E-state index is 13.2. The molecule has 0 spiro atoms. The van der Waals surface area contributed by atoms with Crippen LogP contribution in [0.25, 0.3) is 0 Å². The number of hydrogen-bond acceptors (Lipinski definition) is 6. The largest absolute Gasteiger partial charge is 0.481 e. The van der Waals surface area contributed by atoms with Crippen LogP contribution >= 0.6 is 0 Å². The predicted octanol–water partition coefficient (Wildman–Crippen LogP) is 7.13. The van der Waals surface area contributed by atoms with Crippen LogP contribution in [-0.2, 0) is 28.5 Å². The molecule has 3 aliphatic rings. The summed E-state index contributed by atoms with van der Waals surface area (Å²) in [7, 11) is 0. The van der Waals surface area contributed by atoms with E-state index in [9.17, 15) is 9.59 Å². The lowest BCUT2D eigenvalue weighted by Crippen LogP contribution is -2.31. The molecule has 0 aromatic carbocycles. The van der Waals surface area contributed by atoms with E-state index in [-0.39, 0.29) is 48.8 Å². The average Bonchev–Trinajstić information content (AvgIpc) is 3.23. The number of aliphatic carboxylic acids is 1. The smallest absolute Gasteiger partial charge is 0.303 e. The Bertz CT molecular complexity index is 752. The van der Waals surface area contributed by atoms with Crippen molar-refractivity contribution in [2.45, 2.75) is 141 Å². The van der Waals surface area contributed by atoms with Crippen molar-refractivity contribution in [3.63, 3.8) is 0 Å². The lowest BCUT2D eigenvalue weighted by molar-refractivity contribution is -0.192. The highest BCUT2D eigenvalue weighted by atomic mass is 16.7. The Morgan fingerprint density at radius 3 is 2.44 bits per heavy atom. The van der Waals surface area contributed by atoms with Gasteiger partial charge in [-0.1, -0.05) is 63.3 Å². The Labute approximate surface area is 235 Å². The SMILES string of the molecule is CCCCCCC[C@@H](/C=C/[C@H]1C(OC2CCCCO2)CC(=O)[C@@H]1C/C=C\CCCC(=O)O)OC1CCCCO1. The van der Waals surface area contributed by atoms with Crippen LogP contribution in [0.3, 0.4) is 0 Å². The highest BCUT2D eigenvalue weighted by Crippen LogP contribution is 2.37. The molecule has 2 heterocycles. The molecule has 1 saturated carbocycles. The zero-order chi connectivity index (χ0) is 27.7. The van der Waals surface area contributed by atoms with Crippen LogP contribution in [0.2, 0.25) is 0 Å². The van der Waals surface area contributed by atoms with Crippen molar-refractivity contribution < 1.29 is 33.6 Å². The number of rotatable bonds is 18. The number of carbonyl (C=O) groups excluding carboxylic acids is 1. The fourth-order valence-corrected chi connectivity index (χ4v) is 5.81. The molecule has 0 aromatic heterocycles. The van der Waals surface area contributed by atoms with Gasteiger partial charge in [-0.05, 0) is 64.2 Å². The molecule has 39 heavy (non-hydrogen) atoms. The van der Waals surface area contributed by atoms with E-state index in [0.717, 1.165) is 58.0 Å². The maximum absolute atomic E-state index is 13.2. The fourth-order valence-electron chi connectivity index (χ4n) is 5.81. The van der Waals surface area contributed by atoms with Crippen molar-refractivity contribution >= 4 is 11.8 Å². The second kappa shape index (κ2) is 18.7. The molecule has 1 aliphatic carbocycles. The molecule has 0 radical (unpaired) electrons. The van der Waals surface area contributed by atoms with Crippen molar-refractivity contribution in [1.29, 1.82) is 0 Å². The van der Waals surface area contributed by atoms with Gasteiger partial charge in [-0.3, -0.25) is 9.59 Å². The third-order valence-electron chi connectivity index (χ3n) is 8.10. The molecular weight excluding hydrogens is 496 g/mol. The summed E-state index contributed by atoms with van der Waals surface area (Å²) < 4.78 is 24.6. The minimum atomic E-state index is -0.773. The molecule has 0 amide bonds. The van der Waals surface area contributed by atoms with Gasteiger partial charge < -0.3 is 24.1 Å². The summed E-state index contributed by atoms with van der Waals surface area (Å²) in [6.07, 6.45) is 23.5. The molecule has 7 nitrogen and oxygen atoms in total. The number of ketones is 1. The number of unbranched alkanes of at least 4 members (excludes halogenated alkanes) is 5. The summed E-state index contributed by atoms with van der Waals surface area (Å²) in [6, 6.07) is 0. The van der Waals surface area contributed by atoms with Crippen LogP contribution in [0, 0.1) is 11.8 Å². The van der Waals surface area contributed by atoms with Crippen molar-refractivity contribution in [3.05, 3.63) is 24.3 Å². The van der Waals surface area contributed by atoms with E-state index in [1.54, 1.807) is 0 Å². The lowest BCUT2D eigenvalue weighted by Gasteiger charge is -2.29. The summed E-state index contributed by atoms with van der Waals surface area (Å²) in [4.78, 5) is 23.9. The topological polar surface area (TPSA) is 91.3 Å². The second-order valence-corrected chi connectivity index (χ2v) is 11.4. The zero-order valence-corrected chi connectivity index (χ0v) is 24.1. The monoisotopic (exact) mass is 548 g/mol. The van der Waals surface area contributed by atoms with Gasteiger partial charge in [-0.25, -0.2) is 0 Å². The molecule has 222 valence electrons. The molecule has 3 fully saturated rings. The minimum absolute atomic E-state index is 0.0369. The van der Waals surface area contributed by atoms with E-state index < -0.39 is 5.97 Å². The first kappa shape index (κ1) is 32.0. The van der Waals surface area contributed by atoms with Crippen LogP contribution in [0.15, 0.2) is 24.3 Å². The second-order valence-electron chi connectivity index (χ2n) is 11.4. The highest BCUT2D eigenvalue weighted by Gasteiger charge is 2.42. The fraction of sp³-hybridized carbons (Fsp3) is 0.812. The van der Waals surface area contributed by atoms with Gasteiger partial charge in [0.1, 0.15) is 5.78 Å². The Kier molecular flexibility index (Phi) is 15.4. The minimum Gasteiger partial charge on any atom is -0.481 e. The Morgan fingerprint density at radius 2 is 1.74 bits per heavy atom. The van der Waals surface area contributed by atoms with Gasteiger partial charge in [0.2, 0.25) is 0 Å². The number of hydrogen-bond donors (Lipinski definition) is 1. The van der Waals surface area contributed by atoms with Gasteiger partial charge in [0.05, 0.1) is 12.2 Å². The summed E-state index contributed by atoms with van der Waals surface area (Å²) >= 11 is 0. The van der Waals surface area contributed by atoms with E-state index in [2.05, 4.69) is 19.1 Å². The number of ether oxygens (including phenoxy) is 4. The molecule has 0 bridgehead atoms. The van der Waals surface area contributed by atoms with E-state index in [1.165, 1.54) is 25.7 Å².